The third-order valence-electron chi connectivity index (χ3n) is 3.28. The third-order valence-corrected chi connectivity index (χ3v) is 3.28. The SMILES string of the molecule is Cc1cc2c([C@@H]3C[C@H]3CN)cccn2n1.Cl.Cl. The highest BCUT2D eigenvalue weighted by molar-refractivity contribution is 5.85. The standard InChI is InChI=1S/C12H15N3.2ClH/c1-8-5-12-10(11-6-9(11)7-13)3-2-4-15(12)14-8;;/h2-5,9,11H,6-7,13H2,1H3;2*1H/t9-,11+;;/m0../s1. The molecule has 1 aliphatic rings. The van der Waals surface area contributed by atoms with E-state index in [4.69, 9.17) is 5.73 Å². The molecule has 0 spiro atoms. The second-order valence-electron chi connectivity index (χ2n) is 4.42. The monoisotopic (exact) mass is 273 g/mol. The van der Waals surface area contributed by atoms with Gasteiger partial charge in [-0.2, -0.15) is 5.10 Å². The highest BCUT2D eigenvalue weighted by atomic mass is 35.5. The van der Waals surface area contributed by atoms with Crippen LogP contribution in [0.25, 0.3) is 5.52 Å². The van der Waals surface area contributed by atoms with Gasteiger partial charge < -0.3 is 5.73 Å². The Hall–Kier alpha value is -0.770. The Labute approximate surface area is 113 Å². The van der Waals surface area contributed by atoms with Crippen molar-refractivity contribution < 1.29 is 0 Å². The van der Waals surface area contributed by atoms with E-state index in [1.807, 2.05) is 17.6 Å². The summed E-state index contributed by atoms with van der Waals surface area (Å²) in [7, 11) is 0. The van der Waals surface area contributed by atoms with Gasteiger partial charge >= 0.3 is 0 Å². The lowest BCUT2D eigenvalue weighted by atomic mass is 10.1. The van der Waals surface area contributed by atoms with Crippen LogP contribution in [0.15, 0.2) is 24.4 Å². The zero-order chi connectivity index (χ0) is 10.4. The van der Waals surface area contributed by atoms with Gasteiger partial charge in [-0.15, -0.1) is 24.8 Å². The third kappa shape index (κ3) is 2.41. The Bertz CT molecular complexity index is 509. The van der Waals surface area contributed by atoms with Crippen LogP contribution in [0.5, 0.6) is 0 Å². The average Bonchev–Trinajstić information content (AvgIpc) is 2.91. The normalized spacial score (nSPS) is 21.8. The fraction of sp³-hybridized carbons (Fsp3) is 0.417. The molecule has 1 fully saturated rings. The van der Waals surface area contributed by atoms with E-state index in [0.717, 1.165) is 12.2 Å². The molecule has 0 unspecified atom stereocenters. The van der Waals surface area contributed by atoms with E-state index < -0.39 is 0 Å². The molecule has 17 heavy (non-hydrogen) atoms. The fourth-order valence-electron chi connectivity index (χ4n) is 2.36. The predicted octanol–water partition coefficient (Wildman–Crippen LogP) is 2.55. The number of fused-ring (bicyclic) bond motifs is 1. The molecule has 2 aromatic heterocycles. The van der Waals surface area contributed by atoms with Crippen LogP contribution in [0.3, 0.4) is 0 Å². The first-order valence-corrected chi connectivity index (χ1v) is 5.44. The summed E-state index contributed by atoms with van der Waals surface area (Å²) in [6.07, 6.45) is 3.24. The zero-order valence-corrected chi connectivity index (χ0v) is 11.3. The van der Waals surface area contributed by atoms with Crippen molar-refractivity contribution in [2.75, 3.05) is 6.54 Å². The van der Waals surface area contributed by atoms with Crippen LogP contribution in [0.1, 0.15) is 23.6 Å². The van der Waals surface area contributed by atoms with Gasteiger partial charge in [-0.1, -0.05) is 6.07 Å². The second-order valence-corrected chi connectivity index (χ2v) is 4.42. The van der Waals surface area contributed by atoms with E-state index in [-0.39, 0.29) is 24.8 Å². The van der Waals surface area contributed by atoms with Crippen molar-refractivity contribution in [3.8, 4) is 0 Å². The molecule has 3 nitrogen and oxygen atoms in total. The van der Waals surface area contributed by atoms with Gasteiger partial charge in [-0.05, 0) is 49.4 Å². The van der Waals surface area contributed by atoms with Crippen LogP contribution in [0.4, 0.5) is 0 Å². The van der Waals surface area contributed by atoms with E-state index in [2.05, 4.69) is 23.3 Å². The van der Waals surface area contributed by atoms with Crippen LogP contribution in [-0.4, -0.2) is 16.2 Å². The fourth-order valence-corrected chi connectivity index (χ4v) is 2.36. The average molecular weight is 274 g/mol. The van der Waals surface area contributed by atoms with Gasteiger partial charge in [0.1, 0.15) is 0 Å². The number of hydrogen-bond donors (Lipinski definition) is 1. The molecule has 5 heteroatoms. The summed E-state index contributed by atoms with van der Waals surface area (Å²) in [4.78, 5) is 0. The Morgan fingerprint density at radius 2 is 2.24 bits per heavy atom. The van der Waals surface area contributed by atoms with Gasteiger partial charge in [0.2, 0.25) is 0 Å². The van der Waals surface area contributed by atoms with Gasteiger partial charge in [-0.25, -0.2) is 4.52 Å². The molecule has 2 aromatic rings. The molecule has 1 aliphatic carbocycles. The minimum absolute atomic E-state index is 0. The first kappa shape index (κ1) is 14.3. The number of halogens is 2. The molecular weight excluding hydrogens is 257 g/mol. The number of nitrogens with two attached hydrogens (primary N) is 1. The summed E-state index contributed by atoms with van der Waals surface area (Å²) in [6.45, 7) is 2.84. The maximum absolute atomic E-state index is 5.69. The maximum Gasteiger partial charge on any atom is 0.0699 e. The van der Waals surface area contributed by atoms with Crippen molar-refractivity contribution in [2.24, 2.45) is 11.7 Å². The van der Waals surface area contributed by atoms with E-state index >= 15 is 0 Å². The molecule has 3 rings (SSSR count). The smallest absolute Gasteiger partial charge is 0.0699 e. The number of nitrogens with zero attached hydrogens (tertiary/aromatic N) is 2. The van der Waals surface area contributed by atoms with Crippen LogP contribution < -0.4 is 5.73 Å². The van der Waals surface area contributed by atoms with Crippen molar-refractivity contribution in [1.82, 2.24) is 9.61 Å². The molecule has 0 radical (unpaired) electrons. The molecule has 94 valence electrons. The van der Waals surface area contributed by atoms with Crippen molar-refractivity contribution in [3.63, 3.8) is 0 Å². The molecule has 1 saturated carbocycles. The van der Waals surface area contributed by atoms with Crippen LogP contribution in [0.2, 0.25) is 0 Å². The minimum atomic E-state index is 0. The zero-order valence-electron chi connectivity index (χ0n) is 9.67. The van der Waals surface area contributed by atoms with Crippen molar-refractivity contribution in [1.29, 1.82) is 0 Å². The van der Waals surface area contributed by atoms with E-state index in [0.29, 0.717) is 11.8 Å². The quantitative estimate of drug-likeness (QED) is 0.914. The van der Waals surface area contributed by atoms with Crippen LogP contribution >= 0.6 is 24.8 Å². The van der Waals surface area contributed by atoms with Gasteiger partial charge in [0, 0.05) is 6.20 Å². The summed E-state index contributed by atoms with van der Waals surface area (Å²) in [5.74, 6) is 1.35. The molecule has 2 heterocycles. The van der Waals surface area contributed by atoms with Crippen LogP contribution in [-0.2, 0) is 0 Å². The topological polar surface area (TPSA) is 43.3 Å². The summed E-state index contributed by atoms with van der Waals surface area (Å²) in [5.41, 5.74) is 9.42. The largest absolute Gasteiger partial charge is 0.330 e. The number of rotatable bonds is 2. The molecular formula is C12H17Cl2N3. The number of hydrogen-bond acceptors (Lipinski definition) is 2. The first-order chi connectivity index (χ1) is 7.29. The number of aromatic nitrogens is 2. The maximum atomic E-state index is 5.69. The lowest BCUT2D eigenvalue weighted by Crippen LogP contribution is -2.02. The van der Waals surface area contributed by atoms with Crippen LogP contribution in [0, 0.1) is 12.8 Å². The Balaban J connectivity index is 0.000000722. The van der Waals surface area contributed by atoms with Gasteiger partial charge in [0.15, 0.2) is 0 Å². The predicted molar refractivity (Wildman–Crippen MR) is 74.3 cm³/mol. The molecule has 2 N–H and O–H groups in total. The summed E-state index contributed by atoms with van der Waals surface area (Å²) < 4.78 is 1.97. The molecule has 0 amide bonds. The number of pyridine rings is 1. The van der Waals surface area contributed by atoms with E-state index in [1.165, 1.54) is 17.5 Å². The lowest BCUT2D eigenvalue weighted by molar-refractivity contribution is 0.808. The summed E-state index contributed by atoms with van der Waals surface area (Å²) in [5, 5.41) is 4.42. The first-order valence-electron chi connectivity index (χ1n) is 5.44. The van der Waals surface area contributed by atoms with E-state index in [9.17, 15) is 0 Å². The van der Waals surface area contributed by atoms with Gasteiger partial charge in [-0.3, -0.25) is 0 Å². The van der Waals surface area contributed by atoms with Gasteiger partial charge in [0.05, 0.1) is 11.2 Å². The lowest BCUT2D eigenvalue weighted by Gasteiger charge is -2.01. The molecule has 2 atom stereocenters. The highest BCUT2D eigenvalue weighted by Crippen LogP contribution is 2.47. The highest BCUT2D eigenvalue weighted by Gasteiger charge is 2.38. The second kappa shape index (κ2) is 5.25. The Kier molecular flexibility index (Phi) is 4.42. The molecule has 0 aliphatic heterocycles. The van der Waals surface area contributed by atoms with Crippen molar-refractivity contribution in [2.45, 2.75) is 19.3 Å². The summed E-state index contributed by atoms with van der Waals surface area (Å²) >= 11 is 0. The van der Waals surface area contributed by atoms with Crippen molar-refractivity contribution in [3.05, 3.63) is 35.7 Å². The molecule has 0 aromatic carbocycles. The van der Waals surface area contributed by atoms with Gasteiger partial charge in [0.25, 0.3) is 0 Å². The molecule has 0 bridgehead atoms. The van der Waals surface area contributed by atoms with Crippen molar-refractivity contribution >= 4 is 30.3 Å². The summed E-state index contributed by atoms with van der Waals surface area (Å²) in [6, 6.07) is 6.43. The Morgan fingerprint density at radius 3 is 2.88 bits per heavy atom. The number of aryl methyl sites for hydroxylation is 1. The van der Waals surface area contributed by atoms with E-state index in [1.54, 1.807) is 0 Å². The molecule has 0 saturated heterocycles. The minimum Gasteiger partial charge on any atom is -0.330 e. The Morgan fingerprint density at radius 1 is 1.47 bits per heavy atom.